The molecular weight excluding hydrogens is 158 g/mol. The Hall–Kier alpha value is -0.300. The summed E-state index contributed by atoms with van der Waals surface area (Å²) in [6.45, 7) is 0.935. The van der Waals surface area contributed by atoms with Crippen LogP contribution in [-0.4, -0.2) is 6.54 Å². The quantitative estimate of drug-likeness (QED) is 0.658. The minimum Gasteiger partial charge on any atom is -0.330 e. The topological polar surface area (TPSA) is 26.0 Å². The zero-order chi connectivity index (χ0) is 8.89. The van der Waals surface area contributed by atoms with Crippen LogP contribution in [0, 0.1) is 23.2 Å². The first-order valence-electron chi connectivity index (χ1n) is 5.70. The Morgan fingerprint density at radius 3 is 2.54 bits per heavy atom. The van der Waals surface area contributed by atoms with E-state index >= 15 is 0 Å². The SMILES string of the molecule is NCC1(CC2CC3C=CC2C3)CC1. The van der Waals surface area contributed by atoms with Crippen molar-refractivity contribution in [1.82, 2.24) is 0 Å². The highest BCUT2D eigenvalue weighted by molar-refractivity contribution is 5.11. The monoisotopic (exact) mass is 177 g/mol. The number of rotatable bonds is 3. The van der Waals surface area contributed by atoms with E-state index in [1.807, 2.05) is 0 Å². The van der Waals surface area contributed by atoms with Gasteiger partial charge in [0.2, 0.25) is 0 Å². The van der Waals surface area contributed by atoms with E-state index in [0.717, 1.165) is 24.3 Å². The summed E-state index contributed by atoms with van der Waals surface area (Å²) < 4.78 is 0. The zero-order valence-electron chi connectivity index (χ0n) is 8.21. The maximum Gasteiger partial charge on any atom is -0.00204 e. The molecule has 0 aromatic rings. The number of allylic oxidation sites excluding steroid dienone is 2. The summed E-state index contributed by atoms with van der Waals surface area (Å²) in [5, 5.41) is 0. The second-order valence-corrected chi connectivity index (χ2v) is 5.45. The summed E-state index contributed by atoms with van der Waals surface area (Å²) in [6, 6.07) is 0. The maximum atomic E-state index is 5.83. The Kier molecular flexibility index (Phi) is 1.61. The van der Waals surface area contributed by atoms with Gasteiger partial charge in [0.1, 0.15) is 0 Å². The Bertz CT molecular complexity index is 240. The van der Waals surface area contributed by atoms with Crippen LogP contribution >= 0.6 is 0 Å². The normalized spacial score (nSPS) is 44.2. The first kappa shape index (κ1) is 8.05. The predicted molar refractivity (Wildman–Crippen MR) is 54.2 cm³/mol. The summed E-state index contributed by atoms with van der Waals surface area (Å²) in [7, 11) is 0. The zero-order valence-corrected chi connectivity index (χ0v) is 8.21. The maximum absolute atomic E-state index is 5.83. The highest BCUT2D eigenvalue weighted by atomic mass is 14.7. The van der Waals surface area contributed by atoms with E-state index in [4.69, 9.17) is 5.73 Å². The summed E-state index contributed by atoms with van der Waals surface area (Å²) in [6.07, 6.45) is 12.0. The van der Waals surface area contributed by atoms with Crippen LogP contribution in [0.25, 0.3) is 0 Å². The van der Waals surface area contributed by atoms with Gasteiger partial charge in [0.05, 0.1) is 0 Å². The van der Waals surface area contributed by atoms with Crippen molar-refractivity contribution >= 4 is 0 Å². The van der Waals surface area contributed by atoms with E-state index in [9.17, 15) is 0 Å². The number of hydrogen-bond acceptors (Lipinski definition) is 1. The van der Waals surface area contributed by atoms with Crippen LogP contribution in [-0.2, 0) is 0 Å². The average molecular weight is 177 g/mol. The second kappa shape index (κ2) is 2.60. The molecule has 3 aliphatic carbocycles. The molecule has 0 aromatic carbocycles. The van der Waals surface area contributed by atoms with E-state index in [1.165, 1.54) is 32.1 Å². The summed E-state index contributed by atoms with van der Waals surface area (Å²) in [4.78, 5) is 0. The molecule has 3 rings (SSSR count). The molecule has 0 heterocycles. The molecule has 0 amide bonds. The molecule has 13 heavy (non-hydrogen) atoms. The van der Waals surface area contributed by atoms with Crippen LogP contribution in [0.1, 0.15) is 32.1 Å². The van der Waals surface area contributed by atoms with Crippen molar-refractivity contribution in [3.8, 4) is 0 Å². The third-order valence-electron chi connectivity index (χ3n) is 4.50. The summed E-state index contributed by atoms with van der Waals surface area (Å²) in [5.74, 6) is 2.85. The van der Waals surface area contributed by atoms with Gasteiger partial charge < -0.3 is 5.73 Å². The van der Waals surface area contributed by atoms with Crippen LogP contribution in [0.15, 0.2) is 12.2 Å². The van der Waals surface area contributed by atoms with Crippen molar-refractivity contribution in [2.75, 3.05) is 6.54 Å². The molecule has 2 N–H and O–H groups in total. The minimum absolute atomic E-state index is 0.600. The molecule has 1 heteroatoms. The Balaban J connectivity index is 1.65. The van der Waals surface area contributed by atoms with E-state index < -0.39 is 0 Å². The molecule has 0 aliphatic heterocycles. The molecule has 2 bridgehead atoms. The number of hydrogen-bond donors (Lipinski definition) is 1. The van der Waals surface area contributed by atoms with Crippen LogP contribution in [0.2, 0.25) is 0 Å². The molecular formula is C12H19N. The highest BCUT2D eigenvalue weighted by Gasteiger charge is 2.46. The smallest absolute Gasteiger partial charge is 0.00204 e. The van der Waals surface area contributed by atoms with Gasteiger partial charge in [-0.2, -0.15) is 0 Å². The van der Waals surface area contributed by atoms with E-state index in [1.54, 1.807) is 0 Å². The van der Waals surface area contributed by atoms with E-state index in [0.29, 0.717) is 5.41 Å². The predicted octanol–water partition coefficient (Wildman–Crippen LogP) is 2.33. The number of fused-ring (bicyclic) bond motifs is 2. The van der Waals surface area contributed by atoms with E-state index in [-0.39, 0.29) is 0 Å². The largest absolute Gasteiger partial charge is 0.330 e. The van der Waals surface area contributed by atoms with Gasteiger partial charge >= 0.3 is 0 Å². The van der Waals surface area contributed by atoms with Crippen molar-refractivity contribution in [1.29, 1.82) is 0 Å². The molecule has 3 aliphatic rings. The third-order valence-corrected chi connectivity index (χ3v) is 4.50. The van der Waals surface area contributed by atoms with Crippen molar-refractivity contribution < 1.29 is 0 Å². The van der Waals surface area contributed by atoms with Gasteiger partial charge in [-0.1, -0.05) is 12.2 Å². The molecule has 3 unspecified atom stereocenters. The van der Waals surface area contributed by atoms with Crippen LogP contribution < -0.4 is 5.73 Å². The summed E-state index contributed by atoms with van der Waals surface area (Å²) >= 11 is 0. The lowest BCUT2D eigenvalue weighted by atomic mass is 9.83. The van der Waals surface area contributed by atoms with Crippen LogP contribution in [0.3, 0.4) is 0 Å². The van der Waals surface area contributed by atoms with Gasteiger partial charge in [-0.15, -0.1) is 0 Å². The van der Waals surface area contributed by atoms with Gasteiger partial charge in [0, 0.05) is 0 Å². The average Bonchev–Trinajstić information content (AvgIpc) is 2.62. The standard InChI is InChI=1S/C12H19N/c13-8-12(3-4-12)7-11-6-9-1-2-10(11)5-9/h1-2,9-11H,3-8,13H2. The molecule has 72 valence electrons. The Morgan fingerprint density at radius 2 is 2.08 bits per heavy atom. The van der Waals surface area contributed by atoms with Gasteiger partial charge in [0.25, 0.3) is 0 Å². The Labute approximate surface area is 80.4 Å². The van der Waals surface area contributed by atoms with Gasteiger partial charge in [0.15, 0.2) is 0 Å². The molecule has 1 nitrogen and oxygen atoms in total. The van der Waals surface area contributed by atoms with E-state index in [2.05, 4.69) is 12.2 Å². The minimum atomic E-state index is 0.600. The van der Waals surface area contributed by atoms with Crippen molar-refractivity contribution in [3.63, 3.8) is 0 Å². The summed E-state index contributed by atoms with van der Waals surface area (Å²) in [5.41, 5.74) is 6.43. The molecule has 0 spiro atoms. The highest BCUT2D eigenvalue weighted by Crippen LogP contribution is 2.55. The lowest BCUT2D eigenvalue weighted by Gasteiger charge is -2.23. The lowest BCUT2D eigenvalue weighted by molar-refractivity contribution is 0.319. The fourth-order valence-electron chi connectivity index (χ4n) is 3.35. The van der Waals surface area contributed by atoms with Gasteiger partial charge in [-0.3, -0.25) is 0 Å². The molecule has 0 saturated heterocycles. The first-order chi connectivity index (χ1) is 6.31. The molecule has 2 fully saturated rings. The van der Waals surface area contributed by atoms with Crippen LogP contribution in [0.4, 0.5) is 0 Å². The third kappa shape index (κ3) is 1.25. The first-order valence-corrected chi connectivity index (χ1v) is 5.70. The number of nitrogens with two attached hydrogens (primary N) is 1. The van der Waals surface area contributed by atoms with Crippen molar-refractivity contribution in [2.24, 2.45) is 28.9 Å². The molecule has 2 saturated carbocycles. The fourth-order valence-corrected chi connectivity index (χ4v) is 3.35. The molecule has 0 aromatic heterocycles. The van der Waals surface area contributed by atoms with Crippen molar-refractivity contribution in [3.05, 3.63) is 12.2 Å². The lowest BCUT2D eigenvalue weighted by Crippen LogP contribution is -2.21. The second-order valence-electron chi connectivity index (χ2n) is 5.45. The molecule has 0 radical (unpaired) electrons. The van der Waals surface area contributed by atoms with Crippen molar-refractivity contribution in [2.45, 2.75) is 32.1 Å². The molecule has 3 atom stereocenters. The van der Waals surface area contributed by atoms with Gasteiger partial charge in [-0.25, -0.2) is 0 Å². The van der Waals surface area contributed by atoms with Gasteiger partial charge in [-0.05, 0) is 61.8 Å². The van der Waals surface area contributed by atoms with Crippen LogP contribution in [0.5, 0.6) is 0 Å². The Morgan fingerprint density at radius 1 is 1.23 bits per heavy atom. The fraction of sp³-hybridized carbons (Fsp3) is 0.833.